The van der Waals surface area contributed by atoms with E-state index in [4.69, 9.17) is 5.26 Å². The number of benzene rings is 2. The Labute approximate surface area is 105 Å². The van der Waals surface area contributed by atoms with Crippen LogP contribution in [-0.2, 0) is 0 Å². The van der Waals surface area contributed by atoms with Gasteiger partial charge in [0, 0.05) is 11.1 Å². The molecule has 0 atom stereocenters. The van der Waals surface area contributed by atoms with Crippen molar-refractivity contribution in [1.29, 1.82) is 5.26 Å². The molecule has 2 aromatic carbocycles. The van der Waals surface area contributed by atoms with Crippen molar-refractivity contribution in [3.63, 3.8) is 0 Å². The van der Waals surface area contributed by atoms with Gasteiger partial charge in [0.05, 0.1) is 11.6 Å². The number of hydrogen-bond acceptors (Lipinski definition) is 3. The molecular weight excluding hydrogens is 226 g/mol. The maximum atomic E-state index is 10.1. The quantitative estimate of drug-likeness (QED) is 0.754. The third-order valence-electron chi connectivity index (χ3n) is 2.11. The fourth-order valence-corrected chi connectivity index (χ4v) is 1.17. The van der Waals surface area contributed by atoms with E-state index >= 15 is 0 Å². The second kappa shape index (κ2) is 7.53. The Bertz CT molecular complexity index is 539. The van der Waals surface area contributed by atoms with Crippen molar-refractivity contribution in [3.8, 4) is 6.07 Å². The molecule has 0 aliphatic carbocycles. The smallest absolute Gasteiger partial charge is 0.150 e. The highest BCUT2D eigenvalue weighted by Gasteiger charge is 1.88. The molecule has 0 N–H and O–H groups in total. The standard InChI is InChI=1S/C8H5NO.C7H6O/c9-5-7-1-3-8(6-10)4-2-7;8-6-7-4-2-1-3-5-7/h1-4,6H;1-6H. The van der Waals surface area contributed by atoms with E-state index in [0.717, 1.165) is 18.1 Å². The zero-order valence-corrected chi connectivity index (χ0v) is 9.61. The van der Waals surface area contributed by atoms with Crippen LogP contribution in [0.5, 0.6) is 0 Å². The van der Waals surface area contributed by atoms with Gasteiger partial charge in [0.15, 0.2) is 0 Å². The van der Waals surface area contributed by atoms with Crippen molar-refractivity contribution in [1.82, 2.24) is 0 Å². The molecule has 0 bridgehead atoms. The highest BCUT2D eigenvalue weighted by Crippen LogP contribution is 1.99. The molecule has 0 fully saturated rings. The summed E-state index contributed by atoms with van der Waals surface area (Å²) in [5.74, 6) is 0. The molecule has 0 amide bonds. The van der Waals surface area contributed by atoms with Crippen molar-refractivity contribution in [3.05, 3.63) is 71.3 Å². The van der Waals surface area contributed by atoms with Crippen LogP contribution in [0.15, 0.2) is 54.6 Å². The van der Waals surface area contributed by atoms with Crippen LogP contribution < -0.4 is 0 Å². The van der Waals surface area contributed by atoms with Gasteiger partial charge in [-0.25, -0.2) is 0 Å². The van der Waals surface area contributed by atoms with E-state index in [1.165, 1.54) is 0 Å². The number of aldehydes is 2. The molecule has 2 rings (SSSR count). The van der Waals surface area contributed by atoms with E-state index in [-0.39, 0.29) is 0 Å². The lowest BCUT2D eigenvalue weighted by molar-refractivity contribution is 0.111. The fourth-order valence-electron chi connectivity index (χ4n) is 1.17. The maximum Gasteiger partial charge on any atom is 0.150 e. The van der Waals surface area contributed by atoms with E-state index < -0.39 is 0 Å². The molecule has 18 heavy (non-hydrogen) atoms. The molecule has 3 heteroatoms. The number of nitrogens with zero attached hydrogens (tertiary/aromatic N) is 1. The number of carbonyl (C=O) groups excluding carboxylic acids is 2. The Kier molecular flexibility index (Phi) is 5.58. The second-order valence-corrected chi connectivity index (χ2v) is 3.38. The third kappa shape index (κ3) is 4.42. The maximum absolute atomic E-state index is 10.1. The Hall–Kier alpha value is -2.73. The van der Waals surface area contributed by atoms with Crippen molar-refractivity contribution in [2.45, 2.75) is 0 Å². The normalized spacial score (nSPS) is 8.39. The van der Waals surface area contributed by atoms with Gasteiger partial charge in [0.2, 0.25) is 0 Å². The van der Waals surface area contributed by atoms with Gasteiger partial charge >= 0.3 is 0 Å². The first-order valence-corrected chi connectivity index (χ1v) is 5.25. The monoisotopic (exact) mass is 237 g/mol. The van der Waals surface area contributed by atoms with Gasteiger partial charge < -0.3 is 0 Å². The zero-order valence-electron chi connectivity index (χ0n) is 9.61. The Morgan fingerprint density at radius 1 is 0.778 bits per heavy atom. The van der Waals surface area contributed by atoms with Crippen molar-refractivity contribution in [2.75, 3.05) is 0 Å². The molecule has 0 saturated heterocycles. The summed E-state index contributed by atoms with van der Waals surface area (Å²) in [6, 6.07) is 17.5. The summed E-state index contributed by atoms with van der Waals surface area (Å²) in [4.78, 5) is 20.1. The van der Waals surface area contributed by atoms with Gasteiger partial charge in [-0.15, -0.1) is 0 Å². The Balaban J connectivity index is 0.000000184. The van der Waals surface area contributed by atoms with Gasteiger partial charge in [-0.1, -0.05) is 42.5 Å². The largest absolute Gasteiger partial charge is 0.298 e. The minimum Gasteiger partial charge on any atom is -0.298 e. The predicted octanol–water partition coefficient (Wildman–Crippen LogP) is 2.87. The van der Waals surface area contributed by atoms with Crippen LogP contribution in [0, 0.1) is 11.3 Å². The summed E-state index contributed by atoms with van der Waals surface area (Å²) in [6.07, 6.45) is 1.58. The van der Waals surface area contributed by atoms with Gasteiger partial charge in [-0.05, 0) is 12.1 Å². The molecule has 88 valence electrons. The summed E-state index contributed by atoms with van der Waals surface area (Å²) in [7, 11) is 0. The molecule has 0 aliphatic heterocycles. The highest BCUT2D eigenvalue weighted by atomic mass is 16.1. The summed E-state index contributed by atoms with van der Waals surface area (Å²) in [6.45, 7) is 0. The lowest BCUT2D eigenvalue weighted by Gasteiger charge is -1.87. The number of carbonyl (C=O) groups is 2. The van der Waals surface area contributed by atoms with E-state index in [2.05, 4.69) is 0 Å². The molecule has 0 spiro atoms. The van der Waals surface area contributed by atoms with Crippen LogP contribution in [0.25, 0.3) is 0 Å². The van der Waals surface area contributed by atoms with Gasteiger partial charge in [-0.2, -0.15) is 5.26 Å². The molecule has 0 heterocycles. The molecule has 0 saturated carbocycles. The minimum atomic E-state index is 0.575. The number of hydrogen-bond donors (Lipinski definition) is 0. The van der Waals surface area contributed by atoms with E-state index in [0.29, 0.717) is 11.1 Å². The number of nitriles is 1. The molecule has 0 unspecified atom stereocenters. The molecule has 0 aromatic heterocycles. The third-order valence-corrected chi connectivity index (χ3v) is 2.11. The van der Waals surface area contributed by atoms with Gasteiger partial charge in [0.25, 0.3) is 0 Å². The first kappa shape index (κ1) is 13.3. The van der Waals surface area contributed by atoms with Crippen molar-refractivity contribution in [2.24, 2.45) is 0 Å². The van der Waals surface area contributed by atoms with Crippen LogP contribution in [0.2, 0.25) is 0 Å². The summed E-state index contributed by atoms with van der Waals surface area (Å²) < 4.78 is 0. The van der Waals surface area contributed by atoms with Crippen LogP contribution in [0.1, 0.15) is 26.3 Å². The predicted molar refractivity (Wildman–Crippen MR) is 68.4 cm³/mol. The summed E-state index contributed by atoms with van der Waals surface area (Å²) in [5.41, 5.74) is 1.90. The zero-order chi connectivity index (χ0) is 13.2. The average molecular weight is 237 g/mol. The Morgan fingerprint density at radius 2 is 1.28 bits per heavy atom. The summed E-state index contributed by atoms with van der Waals surface area (Å²) in [5, 5.41) is 8.36. The molecule has 3 nitrogen and oxygen atoms in total. The Morgan fingerprint density at radius 3 is 1.67 bits per heavy atom. The van der Waals surface area contributed by atoms with E-state index in [1.54, 1.807) is 36.4 Å². The van der Waals surface area contributed by atoms with Crippen LogP contribution in [0.3, 0.4) is 0 Å². The van der Waals surface area contributed by atoms with Gasteiger partial charge in [0.1, 0.15) is 12.6 Å². The molecule has 0 radical (unpaired) electrons. The fraction of sp³-hybridized carbons (Fsp3) is 0. The first-order chi connectivity index (χ1) is 8.80. The van der Waals surface area contributed by atoms with Gasteiger partial charge in [-0.3, -0.25) is 9.59 Å². The lowest BCUT2D eigenvalue weighted by atomic mass is 10.2. The van der Waals surface area contributed by atoms with Crippen molar-refractivity contribution < 1.29 is 9.59 Å². The summed E-state index contributed by atoms with van der Waals surface area (Å²) >= 11 is 0. The topological polar surface area (TPSA) is 57.9 Å². The average Bonchev–Trinajstić information content (AvgIpc) is 2.49. The number of rotatable bonds is 2. The van der Waals surface area contributed by atoms with E-state index in [1.807, 2.05) is 24.3 Å². The minimum absolute atomic E-state index is 0.575. The second-order valence-electron chi connectivity index (χ2n) is 3.38. The molecule has 0 aliphatic rings. The van der Waals surface area contributed by atoms with E-state index in [9.17, 15) is 9.59 Å². The first-order valence-electron chi connectivity index (χ1n) is 5.25. The van der Waals surface area contributed by atoms with Crippen LogP contribution >= 0.6 is 0 Å². The molecule has 2 aromatic rings. The van der Waals surface area contributed by atoms with Crippen LogP contribution in [-0.4, -0.2) is 12.6 Å². The SMILES string of the molecule is N#Cc1ccc(C=O)cc1.O=Cc1ccccc1. The highest BCUT2D eigenvalue weighted by molar-refractivity contribution is 5.75. The lowest BCUT2D eigenvalue weighted by Crippen LogP contribution is -1.78. The van der Waals surface area contributed by atoms with Crippen molar-refractivity contribution >= 4 is 12.6 Å². The molecular formula is C15H11NO2. The van der Waals surface area contributed by atoms with Crippen LogP contribution in [0.4, 0.5) is 0 Å².